The van der Waals surface area contributed by atoms with Gasteiger partial charge in [-0.1, -0.05) is 23.7 Å². The van der Waals surface area contributed by atoms with Gasteiger partial charge >= 0.3 is 0 Å². The summed E-state index contributed by atoms with van der Waals surface area (Å²) in [5.41, 5.74) is 3.05. The van der Waals surface area contributed by atoms with Gasteiger partial charge in [0.05, 0.1) is 35.2 Å². The number of amides is 2. The fraction of sp³-hybridized carbons (Fsp3) is 0.375. The smallest absolute Gasteiger partial charge is 0.260 e. The molecular formula is C24H26ClN5O2. The largest absolute Gasteiger partial charge is 0.342 e. The van der Waals surface area contributed by atoms with E-state index in [4.69, 9.17) is 11.6 Å². The van der Waals surface area contributed by atoms with Crippen LogP contribution in [0, 0.1) is 11.3 Å². The van der Waals surface area contributed by atoms with Crippen LogP contribution >= 0.6 is 11.6 Å². The minimum absolute atomic E-state index is 0.0830. The van der Waals surface area contributed by atoms with E-state index in [9.17, 15) is 14.9 Å². The Labute approximate surface area is 193 Å². The van der Waals surface area contributed by atoms with Gasteiger partial charge in [0.2, 0.25) is 5.91 Å². The zero-order chi connectivity index (χ0) is 22.8. The van der Waals surface area contributed by atoms with E-state index >= 15 is 0 Å². The SMILES string of the molecule is C[C@H](CN1C(=O)c2cc(Cl)ccc2N(C)c2ccccc21)NCC(=O)N1CCCC1C#N. The average molecular weight is 452 g/mol. The van der Waals surface area contributed by atoms with Crippen LogP contribution in [-0.2, 0) is 4.79 Å². The summed E-state index contributed by atoms with van der Waals surface area (Å²) in [5.74, 6) is -0.219. The molecule has 166 valence electrons. The van der Waals surface area contributed by atoms with E-state index in [1.807, 2.05) is 49.2 Å². The number of rotatable bonds is 5. The van der Waals surface area contributed by atoms with Crippen LogP contribution in [0.3, 0.4) is 0 Å². The van der Waals surface area contributed by atoms with Crippen molar-refractivity contribution >= 4 is 40.5 Å². The van der Waals surface area contributed by atoms with E-state index in [1.54, 1.807) is 21.9 Å². The summed E-state index contributed by atoms with van der Waals surface area (Å²) in [6.07, 6.45) is 1.58. The summed E-state index contributed by atoms with van der Waals surface area (Å²) in [6.45, 7) is 3.08. The summed E-state index contributed by atoms with van der Waals surface area (Å²) in [4.78, 5) is 31.5. The van der Waals surface area contributed by atoms with E-state index in [1.165, 1.54) is 0 Å². The van der Waals surface area contributed by atoms with Crippen molar-refractivity contribution in [3.8, 4) is 6.07 Å². The van der Waals surface area contributed by atoms with Gasteiger partial charge in [0.1, 0.15) is 6.04 Å². The molecule has 2 amide bonds. The van der Waals surface area contributed by atoms with Crippen LogP contribution < -0.4 is 15.1 Å². The lowest BCUT2D eigenvalue weighted by Crippen LogP contribution is -2.47. The summed E-state index contributed by atoms with van der Waals surface area (Å²) >= 11 is 6.21. The van der Waals surface area contributed by atoms with Crippen molar-refractivity contribution in [1.82, 2.24) is 10.2 Å². The Morgan fingerprint density at radius 2 is 2.00 bits per heavy atom. The highest BCUT2D eigenvalue weighted by Crippen LogP contribution is 2.40. The van der Waals surface area contributed by atoms with Crippen molar-refractivity contribution in [3.05, 3.63) is 53.1 Å². The number of anilines is 3. The van der Waals surface area contributed by atoms with Gasteiger partial charge in [-0.2, -0.15) is 5.26 Å². The van der Waals surface area contributed by atoms with Crippen molar-refractivity contribution in [2.24, 2.45) is 0 Å². The van der Waals surface area contributed by atoms with E-state index in [0.717, 1.165) is 29.9 Å². The van der Waals surface area contributed by atoms with Crippen molar-refractivity contribution in [1.29, 1.82) is 5.26 Å². The Morgan fingerprint density at radius 3 is 2.75 bits per heavy atom. The Morgan fingerprint density at radius 1 is 1.25 bits per heavy atom. The predicted octanol–water partition coefficient (Wildman–Crippen LogP) is 3.56. The van der Waals surface area contributed by atoms with E-state index in [2.05, 4.69) is 11.4 Å². The van der Waals surface area contributed by atoms with Gasteiger partial charge in [-0.25, -0.2) is 0 Å². The van der Waals surface area contributed by atoms with Crippen LogP contribution in [0.5, 0.6) is 0 Å². The van der Waals surface area contributed by atoms with Crippen LogP contribution in [0.2, 0.25) is 5.02 Å². The Hall–Kier alpha value is -3.08. The van der Waals surface area contributed by atoms with Crippen molar-refractivity contribution in [2.45, 2.75) is 31.8 Å². The number of carbonyl (C=O) groups is 2. The number of nitrogens with one attached hydrogen (secondary N) is 1. The monoisotopic (exact) mass is 451 g/mol. The van der Waals surface area contributed by atoms with Crippen LogP contribution in [-0.4, -0.2) is 55.5 Å². The number of nitriles is 1. The van der Waals surface area contributed by atoms with Crippen molar-refractivity contribution in [2.75, 3.05) is 36.5 Å². The minimum atomic E-state index is -0.338. The zero-order valence-electron chi connectivity index (χ0n) is 18.2. The highest BCUT2D eigenvalue weighted by molar-refractivity contribution is 6.31. The van der Waals surface area contributed by atoms with E-state index < -0.39 is 0 Å². The molecule has 1 fully saturated rings. The maximum Gasteiger partial charge on any atom is 0.260 e. The molecule has 2 heterocycles. The second-order valence-electron chi connectivity index (χ2n) is 8.28. The lowest BCUT2D eigenvalue weighted by molar-refractivity contribution is -0.130. The number of para-hydroxylation sites is 2. The summed E-state index contributed by atoms with van der Waals surface area (Å²) in [5, 5.41) is 13.0. The first-order valence-electron chi connectivity index (χ1n) is 10.8. The van der Waals surface area contributed by atoms with E-state index in [-0.39, 0.29) is 30.4 Å². The first kappa shape index (κ1) is 22.1. The second-order valence-corrected chi connectivity index (χ2v) is 8.72. The van der Waals surface area contributed by atoms with Crippen LogP contribution in [0.4, 0.5) is 17.1 Å². The predicted molar refractivity (Wildman–Crippen MR) is 125 cm³/mol. The molecule has 2 aromatic rings. The number of carbonyl (C=O) groups excluding carboxylic acids is 2. The molecule has 0 aromatic heterocycles. The Kier molecular flexibility index (Phi) is 6.35. The molecule has 2 aliphatic heterocycles. The standard InChI is InChI=1S/C24H26ClN5O2/c1-16(27-14-23(31)29-11-5-6-18(29)13-26)15-30-22-8-4-3-7-21(22)28(2)20-10-9-17(25)12-19(20)24(30)32/h3-4,7-10,12,16,18,27H,5-6,11,14-15H2,1-2H3/t16-,18?/m1/s1. The van der Waals surface area contributed by atoms with E-state index in [0.29, 0.717) is 23.7 Å². The van der Waals surface area contributed by atoms with Crippen LogP contribution in [0.15, 0.2) is 42.5 Å². The van der Waals surface area contributed by atoms with Gasteiger partial charge in [-0.3, -0.25) is 9.59 Å². The number of hydrogen-bond acceptors (Lipinski definition) is 5. The number of nitrogens with zero attached hydrogens (tertiary/aromatic N) is 4. The van der Waals surface area contributed by atoms with Crippen LogP contribution in [0.1, 0.15) is 30.1 Å². The average Bonchev–Trinajstić information content (AvgIpc) is 3.26. The summed E-state index contributed by atoms with van der Waals surface area (Å²) < 4.78 is 0. The molecule has 1 saturated heterocycles. The Bertz CT molecular complexity index is 1080. The molecule has 0 aliphatic carbocycles. The van der Waals surface area contributed by atoms with Crippen LogP contribution in [0.25, 0.3) is 0 Å². The fourth-order valence-corrected chi connectivity index (χ4v) is 4.59. The van der Waals surface area contributed by atoms with Crippen molar-refractivity contribution in [3.63, 3.8) is 0 Å². The molecule has 32 heavy (non-hydrogen) atoms. The third kappa shape index (κ3) is 4.16. The first-order chi connectivity index (χ1) is 15.4. The van der Waals surface area contributed by atoms with Gasteiger partial charge in [-0.05, 0) is 50.1 Å². The number of benzene rings is 2. The van der Waals surface area contributed by atoms with Gasteiger partial charge < -0.3 is 20.0 Å². The molecule has 2 aromatic carbocycles. The molecular weight excluding hydrogens is 426 g/mol. The maximum absolute atomic E-state index is 13.6. The molecule has 1 unspecified atom stereocenters. The molecule has 8 heteroatoms. The number of fused-ring (bicyclic) bond motifs is 2. The third-order valence-corrected chi connectivity index (χ3v) is 6.34. The zero-order valence-corrected chi connectivity index (χ0v) is 19.0. The molecule has 0 bridgehead atoms. The number of likely N-dealkylation sites (tertiary alicyclic amines) is 1. The fourth-order valence-electron chi connectivity index (χ4n) is 4.41. The highest BCUT2D eigenvalue weighted by Gasteiger charge is 2.31. The molecule has 7 nitrogen and oxygen atoms in total. The first-order valence-corrected chi connectivity index (χ1v) is 11.1. The number of halogens is 1. The molecule has 4 rings (SSSR count). The normalized spacial score (nSPS) is 18.6. The van der Waals surface area contributed by atoms with Gasteiger partial charge in [0.15, 0.2) is 0 Å². The molecule has 0 spiro atoms. The lowest BCUT2D eigenvalue weighted by Gasteiger charge is -2.28. The molecule has 1 N–H and O–H groups in total. The molecule has 2 atom stereocenters. The Balaban J connectivity index is 1.54. The summed E-state index contributed by atoms with van der Waals surface area (Å²) in [6, 6.07) is 14.8. The second kappa shape index (κ2) is 9.19. The van der Waals surface area contributed by atoms with Gasteiger partial charge in [0.25, 0.3) is 5.91 Å². The third-order valence-electron chi connectivity index (χ3n) is 6.11. The van der Waals surface area contributed by atoms with Gasteiger partial charge in [0, 0.05) is 31.2 Å². The minimum Gasteiger partial charge on any atom is -0.342 e. The maximum atomic E-state index is 13.6. The van der Waals surface area contributed by atoms with Crippen molar-refractivity contribution < 1.29 is 9.59 Å². The molecule has 0 saturated carbocycles. The quantitative estimate of drug-likeness (QED) is 0.751. The summed E-state index contributed by atoms with van der Waals surface area (Å²) in [7, 11) is 1.93. The molecule has 0 radical (unpaired) electrons. The van der Waals surface area contributed by atoms with Gasteiger partial charge in [-0.15, -0.1) is 0 Å². The lowest BCUT2D eigenvalue weighted by atomic mass is 10.1. The topological polar surface area (TPSA) is 79.7 Å². The number of hydrogen-bond donors (Lipinski definition) is 1. The molecule has 2 aliphatic rings. The highest BCUT2D eigenvalue weighted by atomic mass is 35.5.